The lowest BCUT2D eigenvalue weighted by Gasteiger charge is -2.31. The van der Waals surface area contributed by atoms with Crippen molar-refractivity contribution in [3.05, 3.63) is 70.8 Å². The third-order valence-corrected chi connectivity index (χ3v) is 5.02. The number of likely N-dealkylation sites (tertiary alicyclic amines) is 1. The van der Waals surface area contributed by atoms with Gasteiger partial charge in [-0.15, -0.1) is 0 Å². The van der Waals surface area contributed by atoms with E-state index < -0.39 is 0 Å². The third kappa shape index (κ3) is 5.65. The van der Waals surface area contributed by atoms with Gasteiger partial charge in [-0.3, -0.25) is 9.69 Å². The SMILES string of the molecule is N#Cc1cccc(CNCc2cccc(CN3CCCC(C(N)=O)C3)c2)c1. The molecule has 0 saturated carbocycles. The zero-order chi connectivity index (χ0) is 19.1. The molecule has 0 radical (unpaired) electrons. The van der Waals surface area contributed by atoms with E-state index in [1.807, 2.05) is 24.3 Å². The van der Waals surface area contributed by atoms with Crippen LogP contribution in [0.5, 0.6) is 0 Å². The van der Waals surface area contributed by atoms with Gasteiger partial charge in [0, 0.05) is 26.2 Å². The van der Waals surface area contributed by atoms with Crippen LogP contribution in [0, 0.1) is 17.2 Å². The Morgan fingerprint density at radius 1 is 1.15 bits per heavy atom. The molecule has 1 atom stereocenters. The molecule has 1 aliphatic heterocycles. The van der Waals surface area contributed by atoms with E-state index in [1.54, 1.807) is 0 Å². The molecule has 0 spiro atoms. The maximum atomic E-state index is 11.5. The summed E-state index contributed by atoms with van der Waals surface area (Å²) in [6, 6.07) is 18.4. The number of carbonyl (C=O) groups excluding carboxylic acids is 1. The van der Waals surface area contributed by atoms with Crippen molar-refractivity contribution in [2.24, 2.45) is 11.7 Å². The minimum atomic E-state index is -0.182. The Balaban J connectivity index is 1.52. The normalized spacial score (nSPS) is 17.4. The molecule has 5 heteroatoms. The van der Waals surface area contributed by atoms with E-state index in [-0.39, 0.29) is 11.8 Å². The first-order chi connectivity index (χ1) is 13.1. The second-order valence-corrected chi connectivity index (χ2v) is 7.21. The lowest BCUT2D eigenvalue weighted by molar-refractivity contribution is -0.123. The highest BCUT2D eigenvalue weighted by Gasteiger charge is 2.23. The van der Waals surface area contributed by atoms with E-state index in [0.717, 1.165) is 51.1 Å². The van der Waals surface area contributed by atoms with Gasteiger partial charge in [-0.25, -0.2) is 0 Å². The first kappa shape index (κ1) is 19.1. The summed E-state index contributed by atoms with van der Waals surface area (Å²) in [5, 5.41) is 12.4. The van der Waals surface area contributed by atoms with Crippen LogP contribution in [0.4, 0.5) is 0 Å². The van der Waals surface area contributed by atoms with Crippen molar-refractivity contribution in [3.8, 4) is 6.07 Å². The fraction of sp³-hybridized carbons (Fsp3) is 0.364. The second kappa shape index (κ2) is 9.31. The van der Waals surface area contributed by atoms with Gasteiger partial charge in [0.05, 0.1) is 17.6 Å². The van der Waals surface area contributed by atoms with E-state index >= 15 is 0 Å². The Morgan fingerprint density at radius 2 is 1.85 bits per heavy atom. The highest BCUT2D eigenvalue weighted by molar-refractivity contribution is 5.76. The molecule has 2 aromatic carbocycles. The Kier molecular flexibility index (Phi) is 6.59. The standard InChI is InChI=1S/C22H26N4O/c23-12-17-4-1-5-18(10-17)13-25-14-19-6-2-7-20(11-19)15-26-9-3-8-21(16-26)22(24)27/h1-2,4-7,10-11,21,25H,3,8-9,13-16H2,(H2,24,27). The molecular formula is C22H26N4O. The molecule has 5 nitrogen and oxygen atoms in total. The van der Waals surface area contributed by atoms with Gasteiger partial charge in [0.2, 0.25) is 5.91 Å². The van der Waals surface area contributed by atoms with Gasteiger partial charge in [0.1, 0.15) is 0 Å². The number of primary amides is 1. The van der Waals surface area contributed by atoms with E-state index in [9.17, 15) is 4.79 Å². The first-order valence-corrected chi connectivity index (χ1v) is 9.43. The highest BCUT2D eigenvalue weighted by atomic mass is 16.1. The van der Waals surface area contributed by atoms with Crippen LogP contribution in [0.25, 0.3) is 0 Å². The van der Waals surface area contributed by atoms with E-state index in [1.165, 1.54) is 11.1 Å². The summed E-state index contributed by atoms with van der Waals surface area (Å²) in [6.45, 7) is 4.12. The minimum absolute atomic E-state index is 0.0206. The molecule has 3 rings (SSSR count). The number of carbonyl (C=O) groups is 1. The number of hydrogen-bond acceptors (Lipinski definition) is 4. The van der Waals surface area contributed by atoms with Crippen LogP contribution in [0.15, 0.2) is 48.5 Å². The van der Waals surface area contributed by atoms with Crippen molar-refractivity contribution in [1.29, 1.82) is 5.26 Å². The molecule has 1 amide bonds. The van der Waals surface area contributed by atoms with E-state index in [4.69, 9.17) is 11.0 Å². The quantitative estimate of drug-likeness (QED) is 0.793. The Hall–Kier alpha value is -2.68. The van der Waals surface area contributed by atoms with Crippen molar-refractivity contribution in [3.63, 3.8) is 0 Å². The van der Waals surface area contributed by atoms with Gasteiger partial charge in [-0.2, -0.15) is 5.26 Å². The average molecular weight is 362 g/mol. The number of piperidine rings is 1. The smallest absolute Gasteiger partial charge is 0.221 e. The monoisotopic (exact) mass is 362 g/mol. The molecule has 27 heavy (non-hydrogen) atoms. The van der Waals surface area contributed by atoms with Crippen molar-refractivity contribution in [2.75, 3.05) is 13.1 Å². The number of benzene rings is 2. The summed E-state index contributed by atoms with van der Waals surface area (Å²) >= 11 is 0. The van der Waals surface area contributed by atoms with Crippen LogP contribution in [-0.2, 0) is 24.4 Å². The zero-order valence-electron chi connectivity index (χ0n) is 15.5. The maximum Gasteiger partial charge on any atom is 0.221 e. The second-order valence-electron chi connectivity index (χ2n) is 7.21. The van der Waals surface area contributed by atoms with Crippen LogP contribution >= 0.6 is 0 Å². The van der Waals surface area contributed by atoms with Gasteiger partial charge in [-0.1, -0.05) is 36.4 Å². The molecule has 0 aliphatic carbocycles. The molecule has 2 aromatic rings. The fourth-order valence-electron chi connectivity index (χ4n) is 3.63. The molecule has 1 fully saturated rings. The number of nitrogens with zero attached hydrogens (tertiary/aromatic N) is 2. The Labute approximate surface area is 160 Å². The van der Waals surface area contributed by atoms with Crippen molar-refractivity contribution in [1.82, 2.24) is 10.2 Å². The first-order valence-electron chi connectivity index (χ1n) is 9.43. The number of amides is 1. The van der Waals surface area contributed by atoms with Crippen LogP contribution in [0.3, 0.4) is 0 Å². The number of nitrogens with two attached hydrogens (primary N) is 1. The van der Waals surface area contributed by atoms with Crippen LogP contribution in [0.2, 0.25) is 0 Å². The van der Waals surface area contributed by atoms with Crippen LogP contribution in [0.1, 0.15) is 35.1 Å². The summed E-state index contributed by atoms with van der Waals surface area (Å²) < 4.78 is 0. The van der Waals surface area contributed by atoms with Gasteiger partial charge < -0.3 is 11.1 Å². The van der Waals surface area contributed by atoms with E-state index in [2.05, 4.69) is 40.6 Å². The van der Waals surface area contributed by atoms with Gasteiger partial charge in [0.15, 0.2) is 0 Å². The predicted molar refractivity (Wildman–Crippen MR) is 105 cm³/mol. The molecule has 0 aromatic heterocycles. The lowest BCUT2D eigenvalue weighted by atomic mass is 9.97. The molecular weight excluding hydrogens is 336 g/mol. The molecule has 1 saturated heterocycles. The maximum absolute atomic E-state index is 11.5. The largest absolute Gasteiger partial charge is 0.369 e. The molecule has 1 aliphatic rings. The fourth-order valence-corrected chi connectivity index (χ4v) is 3.63. The molecule has 140 valence electrons. The van der Waals surface area contributed by atoms with Gasteiger partial charge in [-0.05, 0) is 48.2 Å². The summed E-state index contributed by atoms with van der Waals surface area (Å²) in [7, 11) is 0. The Bertz CT molecular complexity index is 827. The van der Waals surface area contributed by atoms with Crippen LogP contribution in [-0.4, -0.2) is 23.9 Å². The Morgan fingerprint density at radius 3 is 2.59 bits per heavy atom. The van der Waals surface area contributed by atoms with Crippen molar-refractivity contribution in [2.45, 2.75) is 32.5 Å². The highest BCUT2D eigenvalue weighted by Crippen LogP contribution is 2.18. The average Bonchev–Trinajstić information content (AvgIpc) is 2.69. The number of nitrogens with one attached hydrogen (secondary N) is 1. The summed E-state index contributed by atoms with van der Waals surface area (Å²) in [5.41, 5.74) is 9.76. The summed E-state index contributed by atoms with van der Waals surface area (Å²) in [6.07, 6.45) is 1.93. The topological polar surface area (TPSA) is 82.2 Å². The van der Waals surface area contributed by atoms with Crippen molar-refractivity contribution >= 4 is 5.91 Å². The van der Waals surface area contributed by atoms with Gasteiger partial charge in [0.25, 0.3) is 0 Å². The van der Waals surface area contributed by atoms with E-state index in [0.29, 0.717) is 5.56 Å². The molecule has 3 N–H and O–H groups in total. The van der Waals surface area contributed by atoms with Crippen LogP contribution < -0.4 is 11.1 Å². The molecule has 1 heterocycles. The number of hydrogen-bond donors (Lipinski definition) is 2. The summed E-state index contributed by atoms with van der Waals surface area (Å²) in [5.74, 6) is -0.203. The zero-order valence-corrected chi connectivity index (χ0v) is 15.5. The third-order valence-electron chi connectivity index (χ3n) is 5.02. The molecule has 0 bridgehead atoms. The minimum Gasteiger partial charge on any atom is -0.369 e. The predicted octanol–water partition coefficient (Wildman–Crippen LogP) is 2.55. The lowest BCUT2D eigenvalue weighted by Crippen LogP contribution is -2.40. The van der Waals surface area contributed by atoms with Gasteiger partial charge >= 0.3 is 0 Å². The summed E-state index contributed by atoms with van der Waals surface area (Å²) in [4.78, 5) is 13.8. The van der Waals surface area contributed by atoms with Crippen molar-refractivity contribution < 1.29 is 4.79 Å². The molecule has 1 unspecified atom stereocenters. The number of nitriles is 1. The number of rotatable bonds is 7.